The van der Waals surface area contributed by atoms with Crippen molar-refractivity contribution in [1.82, 2.24) is 0 Å². The molecule has 0 saturated carbocycles. The van der Waals surface area contributed by atoms with E-state index in [9.17, 15) is 0 Å². The summed E-state index contributed by atoms with van der Waals surface area (Å²) in [6.45, 7) is 31.4. The first-order valence-corrected chi connectivity index (χ1v) is 42.3. The Hall–Kier alpha value is -0.306. The van der Waals surface area contributed by atoms with Gasteiger partial charge < -0.3 is 56.2 Å². The van der Waals surface area contributed by atoms with Gasteiger partial charge in [0.1, 0.15) is 22.2 Å². The van der Waals surface area contributed by atoms with Gasteiger partial charge in [-0.2, -0.15) is 0 Å². The number of hydrogen-bond donors (Lipinski definition) is 0. The summed E-state index contributed by atoms with van der Waals surface area (Å²) in [4.78, 5) is 0. The van der Waals surface area contributed by atoms with Crippen LogP contribution >= 0.6 is 0 Å². The van der Waals surface area contributed by atoms with Gasteiger partial charge in [0.05, 0.1) is 49.3 Å². The van der Waals surface area contributed by atoms with Crippen molar-refractivity contribution in [3.05, 3.63) is 11.8 Å². The molecule has 7 aliphatic rings. The molecule has 0 aromatic heterocycles. The van der Waals surface area contributed by atoms with Crippen LogP contribution < -0.4 is 0 Å². The van der Waals surface area contributed by atoms with E-state index in [1.807, 2.05) is 14.2 Å². The van der Waals surface area contributed by atoms with Crippen LogP contribution in [0.1, 0.15) is 262 Å². The van der Waals surface area contributed by atoms with E-state index >= 15 is 0 Å². The third-order valence-corrected chi connectivity index (χ3v) is 30.8. The largest absolute Gasteiger partial charge is 0.420 e. The Labute approximate surface area is 537 Å². The Bertz CT molecular complexity index is 1730. The van der Waals surface area contributed by atoms with E-state index in [1.165, 1.54) is 82.3 Å². The molecule has 14 heteroatoms. The maximum atomic E-state index is 8.30. The molecule has 0 amide bonds. The molecular formula is C73H138O12Si2. The SMILES string of the molecule is CCCC(C[Si](CC(CCC)C1CCO1)(CC(CCC)C1CCO1)OC)C1CCO1.CCCCOCCCCC[Si](C=CCOC)(CC(CCC)C1CCO1)OC(OC)C(C1(CCC)OC1CCC)(C1(CCC)OC1CCC)C1(CCC)OC1CCC. The van der Waals surface area contributed by atoms with Gasteiger partial charge in [0, 0.05) is 61.0 Å². The molecule has 0 aromatic carbocycles. The van der Waals surface area contributed by atoms with Crippen LogP contribution in [0, 0.1) is 29.1 Å². The average Bonchev–Trinajstić information content (AvgIpc) is 1.45. The van der Waals surface area contributed by atoms with Crippen LogP contribution in [-0.4, -0.2) is 150 Å². The van der Waals surface area contributed by atoms with Gasteiger partial charge in [0.2, 0.25) is 8.32 Å². The van der Waals surface area contributed by atoms with Crippen LogP contribution in [0.5, 0.6) is 0 Å². The van der Waals surface area contributed by atoms with E-state index in [0.29, 0.717) is 54.7 Å². The lowest BCUT2D eigenvalue weighted by molar-refractivity contribution is -0.234. The van der Waals surface area contributed by atoms with E-state index in [0.717, 1.165) is 174 Å². The second kappa shape index (κ2) is 38.3. The number of ether oxygens (including phenoxy) is 10. The number of hydrogen-bond acceptors (Lipinski definition) is 12. The summed E-state index contributed by atoms with van der Waals surface area (Å²) < 4.78 is 80.5. The molecule has 7 rings (SSSR count). The number of unbranched alkanes of at least 4 members (excludes halogenated alkanes) is 3. The predicted molar refractivity (Wildman–Crippen MR) is 361 cm³/mol. The zero-order valence-corrected chi connectivity index (χ0v) is 61.0. The molecular weight excluding hydrogens is 1120 g/mol. The van der Waals surface area contributed by atoms with Crippen molar-refractivity contribution in [3.63, 3.8) is 0 Å². The highest BCUT2D eigenvalue weighted by atomic mass is 28.4. The smallest absolute Gasteiger partial charge is 0.220 e. The highest BCUT2D eigenvalue weighted by Crippen LogP contribution is 2.78. The normalized spacial score (nSPS) is 32.0. The van der Waals surface area contributed by atoms with E-state index < -0.39 is 45.1 Å². The second-order valence-electron chi connectivity index (χ2n) is 28.5. The minimum absolute atomic E-state index is 0.119. The first-order chi connectivity index (χ1) is 42.4. The lowest BCUT2D eigenvalue weighted by atomic mass is 9.51. The summed E-state index contributed by atoms with van der Waals surface area (Å²) in [5, 5.41) is 0. The first kappa shape index (κ1) is 75.7. The van der Waals surface area contributed by atoms with Crippen molar-refractivity contribution in [2.24, 2.45) is 29.1 Å². The summed E-state index contributed by atoms with van der Waals surface area (Å²) in [7, 11) is 1.04. The molecule has 7 saturated heterocycles. The quantitative estimate of drug-likeness (QED) is 0.0249. The summed E-state index contributed by atoms with van der Waals surface area (Å²) >= 11 is 0. The van der Waals surface area contributed by atoms with Crippen LogP contribution in [0.4, 0.5) is 0 Å². The molecule has 12 nitrogen and oxygen atoms in total. The molecule has 0 aliphatic carbocycles. The fourth-order valence-corrected chi connectivity index (χ4v) is 27.4. The number of epoxide rings is 3. The average molecular weight is 1260 g/mol. The van der Waals surface area contributed by atoms with Gasteiger partial charge in [-0.3, -0.25) is 0 Å². The van der Waals surface area contributed by atoms with E-state index in [1.54, 1.807) is 7.11 Å². The molecule has 510 valence electrons. The first-order valence-electron chi connectivity index (χ1n) is 37.4. The maximum absolute atomic E-state index is 8.30. The van der Waals surface area contributed by atoms with Gasteiger partial charge in [-0.25, -0.2) is 0 Å². The number of methoxy groups -OCH3 is 2. The van der Waals surface area contributed by atoms with Crippen LogP contribution in [0.2, 0.25) is 30.2 Å². The highest BCUT2D eigenvalue weighted by molar-refractivity contribution is 6.78. The fraction of sp³-hybridized carbons (Fsp3) is 0.973. The molecule has 16 atom stereocenters. The zero-order valence-electron chi connectivity index (χ0n) is 59.0. The van der Waals surface area contributed by atoms with Gasteiger partial charge in [-0.1, -0.05) is 171 Å². The van der Waals surface area contributed by atoms with Crippen LogP contribution in [-0.2, 0) is 56.2 Å². The lowest BCUT2D eigenvalue weighted by Crippen LogP contribution is -2.70. The van der Waals surface area contributed by atoms with Crippen molar-refractivity contribution in [3.8, 4) is 0 Å². The lowest BCUT2D eigenvalue weighted by Gasteiger charge is -2.54. The molecule has 0 aromatic rings. The van der Waals surface area contributed by atoms with Crippen molar-refractivity contribution in [1.29, 1.82) is 0 Å². The summed E-state index contributed by atoms with van der Waals surface area (Å²) in [5.41, 5.74) is 0.431. The molecule has 0 radical (unpaired) electrons. The van der Waals surface area contributed by atoms with Gasteiger partial charge in [0.25, 0.3) is 0 Å². The molecule has 0 spiro atoms. The van der Waals surface area contributed by atoms with Crippen molar-refractivity contribution < 1.29 is 56.2 Å². The van der Waals surface area contributed by atoms with Crippen LogP contribution in [0.15, 0.2) is 11.8 Å². The topological polar surface area (TPSA) is 121 Å². The van der Waals surface area contributed by atoms with Gasteiger partial charge in [0.15, 0.2) is 14.6 Å². The van der Waals surface area contributed by atoms with Crippen molar-refractivity contribution in [2.75, 3.05) is 67.6 Å². The Morgan fingerprint density at radius 3 is 1.17 bits per heavy atom. The monoisotopic (exact) mass is 1260 g/mol. The number of rotatable bonds is 52. The van der Waals surface area contributed by atoms with E-state index in [4.69, 9.17) is 56.2 Å². The third-order valence-electron chi connectivity index (χ3n) is 22.2. The minimum atomic E-state index is -2.77. The van der Waals surface area contributed by atoms with Gasteiger partial charge >= 0.3 is 0 Å². The molecule has 87 heavy (non-hydrogen) atoms. The maximum Gasteiger partial charge on any atom is 0.220 e. The highest BCUT2D eigenvalue weighted by Gasteiger charge is 2.93. The molecule has 16 unspecified atom stereocenters. The van der Waals surface area contributed by atoms with E-state index in [-0.39, 0.29) is 18.3 Å². The summed E-state index contributed by atoms with van der Waals surface area (Å²) in [5.74, 6) is 2.45. The van der Waals surface area contributed by atoms with Crippen molar-refractivity contribution >= 4 is 16.6 Å². The Kier molecular flexibility index (Phi) is 33.3. The second-order valence-corrected chi connectivity index (χ2v) is 36.1. The minimum Gasteiger partial charge on any atom is -0.420 e. The molecule has 7 heterocycles. The van der Waals surface area contributed by atoms with Gasteiger partial charge in [-0.15, -0.1) is 0 Å². The van der Waals surface area contributed by atoms with Crippen LogP contribution in [0.25, 0.3) is 0 Å². The Balaban J connectivity index is 0.000000337. The summed E-state index contributed by atoms with van der Waals surface area (Å²) in [6, 6.07) is 5.82. The van der Waals surface area contributed by atoms with Crippen molar-refractivity contribution in [2.45, 2.75) is 358 Å². The third kappa shape index (κ3) is 18.6. The standard InChI is InChI=1S/C48H90O8Si.C25H48O4Si/c1-11-19-33-51-34-21-20-22-36-57(37-23-32-49-9,38-39(24-12-2)40-28-35-52-40)56-44(50-10)48(45(29-16-6)41(53-45)25-13-3,46(30-17-7)42(54-46)26-14-4)47(31-18-8)43(55-47)27-15-5;1-5-8-20(23-11-14-27-23)17-30(26-4,18-21(9-6-2)24-12-15-28-24)19-22(10-7-3)25-13-16-29-25/h23,37,39-44H,11-22,24-36,38H2,1-10H3;20-25H,5-19H2,1-4H3. The Morgan fingerprint density at radius 1 is 0.471 bits per heavy atom. The predicted octanol–water partition coefficient (Wildman–Crippen LogP) is 18.2. The van der Waals surface area contributed by atoms with E-state index in [2.05, 4.69) is 87.9 Å². The summed E-state index contributed by atoms with van der Waals surface area (Å²) in [6.07, 6.45) is 36.2. The zero-order chi connectivity index (χ0) is 62.8. The molecule has 0 bridgehead atoms. The molecule has 7 aliphatic heterocycles. The van der Waals surface area contributed by atoms with Gasteiger partial charge in [-0.05, 0) is 157 Å². The fourth-order valence-electron chi connectivity index (χ4n) is 17.9. The molecule has 7 fully saturated rings. The Morgan fingerprint density at radius 2 is 0.862 bits per heavy atom. The van der Waals surface area contributed by atoms with Crippen LogP contribution in [0.3, 0.4) is 0 Å². The molecule has 0 N–H and O–H groups in total.